The molecular formula is C12H18O. The van der Waals surface area contributed by atoms with E-state index < -0.39 is 0 Å². The minimum atomic E-state index is -0.271. The Morgan fingerprint density at radius 2 is 2.00 bits per heavy atom. The lowest BCUT2D eigenvalue weighted by molar-refractivity contribution is 0.169. The highest BCUT2D eigenvalue weighted by Gasteiger charge is 2.10. The lowest BCUT2D eigenvalue weighted by Crippen LogP contribution is -2.10. The van der Waals surface area contributed by atoms with Gasteiger partial charge in [0.15, 0.2) is 0 Å². The molecular weight excluding hydrogens is 160 g/mol. The number of hydrogen-bond acceptors (Lipinski definition) is 1. The molecule has 72 valence electrons. The first-order valence-electron chi connectivity index (χ1n) is 4.92. The second-order valence-corrected chi connectivity index (χ2v) is 3.63. The summed E-state index contributed by atoms with van der Waals surface area (Å²) in [4.78, 5) is 0. The number of rotatable bonds is 3. The third-order valence-electron chi connectivity index (χ3n) is 2.61. The van der Waals surface area contributed by atoms with Gasteiger partial charge in [0.1, 0.15) is 0 Å². The number of aryl methyl sites for hydroxylation is 1. The van der Waals surface area contributed by atoms with Crippen molar-refractivity contribution < 1.29 is 5.11 Å². The highest BCUT2D eigenvalue weighted by atomic mass is 16.3. The summed E-state index contributed by atoms with van der Waals surface area (Å²) in [6, 6.07) is 8.44. The van der Waals surface area contributed by atoms with Crippen molar-refractivity contribution in [2.75, 3.05) is 0 Å². The Kier molecular flexibility index (Phi) is 3.49. The molecule has 0 bridgehead atoms. The van der Waals surface area contributed by atoms with Crippen molar-refractivity contribution in [2.24, 2.45) is 0 Å². The summed E-state index contributed by atoms with van der Waals surface area (Å²) < 4.78 is 0. The molecule has 0 amide bonds. The van der Waals surface area contributed by atoms with Gasteiger partial charge < -0.3 is 5.11 Å². The van der Waals surface area contributed by atoms with E-state index in [4.69, 9.17) is 0 Å². The molecule has 0 aliphatic heterocycles. The van der Waals surface area contributed by atoms with Crippen LogP contribution in [0.3, 0.4) is 0 Å². The average Bonchev–Trinajstić information content (AvgIpc) is 2.16. The molecule has 0 radical (unpaired) electrons. The predicted octanol–water partition coefficient (Wildman–Crippen LogP) is 2.73. The second kappa shape index (κ2) is 4.43. The fraction of sp³-hybridized carbons (Fsp3) is 0.500. The first-order valence-corrected chi connectivity index (χ1v) is 4.92. The summed E-state index contributed by atoms with van der Waals surface area (Å²) in [6.07, 6.45) is 0.785. The van der Waals surface area contributed by atoms with Gasteiger partial charge in [-0.2, -0.15) is 0 Å². The molecule has 2 atom stereocenters. The van der Waals surface area contributed by atoms with Crippen LogP contribution in [0.5, 0.6) is 0 Å². The van der Waals surface area contributed by atoms with Gasteiger partial charge in [-0.25, -0.2) is 0 Å². The molecule has 13 heavy (non-hydrogen) atoms. The van der Waals surface area contributed by atoms with E-state index in [0.29, 0.717) is 0 Å². The highest BCUT2D eigenvalue weighted by Crippen LogP contribution is 2.20. The molecule has 1 N–H and O–H groups in total. The summed E-state index contributed by atoms with van der Waals surface area (Å²) in [5.41, 5.74) is 2.57. The lowest BCUT2D eigenvalue weighted by atomic mass is 9.94. The maximum absolute atomic E-state index is 9.44. The Balaban J connectivity index is 2.88. The lowest BCUT2D eigenvalue weighted by Gasteiger charge is -2.15. The molecule has 0 saturated carbocycles. The van der Waals surface area contributed by atoms with Crippen molar-refractivity contribution in [3.8, 4) is 0 Å². The molecule has 0 heterocycles. The topological polar surface area (TPSA) is 20.2 Å². The summed E-state index contributed by atoms with van der Waals surface area (Å²) in [6.45, 7) is 6.04. The van der Waals surface area contributed by atoms with E-state index in [2.05, 4.69) is 38.1 Å². The summed E-state index contributed by atoms with van der Waals surface area (Å²) in [5.74, 6) is 0.228. The largest absolute Gasteiger partial charge is 0.393 e. The normalized spacial score (nSPS) is 15.4. The Morgan fingerprint density at radius 1 is 1.31 bits per heavy atom. The first kappa shape index (κ1) is 10.3. The van der Waals surface area contributed by atoms with Crippen LogP contribution in [0.15, 0.2) is 24.3 Å². The van der Waals surface area contributed by atoms with Gasteiger partial charge in [-0.15, -0.1) is 0 Å². The Hall–Kier alpha value is -0.820. The van der Waals surface area contributed by atoms with E-state index >= 15 is 0 Å². The highest BCUT2D eigenvalue weighted by molar-refractivity contribution is 5.26. The molecule has 1 nitrogen and oxygen atoms in total. The third kappa shape index (κ3) is 2.56. The number of aliphatic hydroxyl groups excluding tert-OH is 1. The molecule has 0 aliphatic carbocycles. The van der Waals surface area contributed by atoms with Crippen molar-refractivity contribution >= 4 is 0 Å². The number of benzene rings is 1. The van der Waals surface area contributed by atoms with E-state index in [1.54, 1.807) is 0 Å². The average molecular weight is 178 g/mol. The number of aliphatic hydroxyl groups is 1. The van der Waals surface area contributed by atoms with Gasteiger partial charge in [-0.05, 0) is 24.5 Å². The molecule has 0 saturated heterocycles. The Morgan fingerprint density at radius 3 is 2.54 bits per heavy atom. The van der Waals surface area contributed by atoms with Gasteiger partial charge >= 0.3 is 0 Å². The van der Waals surface area contributed by atoms with E-state index in [9.17, 15) is 5.11 Å². The van der Waals surface area contributed by atoms with E-state index in [0.717, 1.165) is 6.42 Å². The van der Waals surface area contributed by atoms with Crippen LogP contribution in [0.2, 0.25) is 0 Å². The van der Waals surface area contributed by atoms with Gasteiger partial charge in [0, 0.05) is 5.92 Å². The fourth-order valence-corrected chi connectivity index (χ4v) is 1.37. The van der Waals surface area contributed by atoms with E-state index in [-0.39, 0.29) is 12.0 Å². The van der Waals surface area contributed by atoms with E-state index in [1.807, 2.05) is 6.92 Å². The molecule has 1 aromatic rings. The van der Waals surface area contributed by atoms with Crippen LogP contribution in [-0.2, 0) is 6.42 Å². The van der Waals surface area contributed by atoms with Gasteiger partial charge in [0.2, 0.25) is 0 Å². The molecule has 1 heteroatoms. The zero-order chi connectivity index (χ0) is 9.84. The monoisotopic (exact) mass is 178 g/mol. The smallest absolute Gasteiger partial charge is 0.0577 e. The molecule has 0 fully saturated rings. The summed E-state index contributed by atoms with van der Waals surface area (Å²) in [5, 5.41) is 9.44. The van der Waals surface area contributed by atoms with Crippen LogP contribution < -0.4 is 0 Å². The van der Waals surface area contributed by atoms with Crippen molar-refractivity contribution in [1.29, 1.82) is 0 Å². The van der Waals surface area contributed by atoms with Crippen LogP contribution in [0.4, 0.5) is 0 Å². The predicted molar refractivity (Wildman–Crippen MR) is 55.9 cm³/mol. The summed E-state index contributed by atoms with van der Waals surface area (Å²) >= 11 is 0. The van der Waals surface area contributed by atoms with Gasteiger partial charge in [-0.3, -0.25) is 0 Å². The van der Waals surface area contributed by atoms with Crippen LogP contribution in [0, 0.1) is 0 Å². The van der Waals surface area contributed by atoms with Crippen molar-refractivity contribution in [3.05, 3.63) is 35.4 Å². The maximum atomic E-state index is 9.44. The molecule has 0 aromatic heterocycles. The minimum absolute atomic E-state index is 0.228. The molecule has 1 aromatic carbocycles. The SMILES string of the molecule is CCc1cccc([C@H](C)[C@H](C)O)c1. The number of hydrogen-bond donors (Lipinski definition) is 1. The molecule has 0 unspecified atom stereocenters. The van der Waals surface area contributed by atoms with Crippen molar-refractivity contribution in [2.45, 2.75) is 39.2 Å². The van der Waals surface area contributed by atoms with Gasteiger partial charge in [0.05, 0.1) is 6.10 Å². The van der Waals surface area contributed by atoms with Crippen LogP contribution >= 0.6 is 0 Å². The second-order valence-electron chi connectivity index (χ2n) is 3.63. The quantitative estimate of drug-likeness (QED) is 0.754. The first-order chi connectivity index (χ1) is 6.15. The van der Waals surface area contributed by atoms with Crippen molar-refractivity contribution in [3.63, 3.8) is 0 Å². The molecule has 1 rings (SSSR count). The standard InChI is InChI=1S/C12H18O/c1-4-11-6-5-7-12(8-11)9(2)10(3)13/h5-10,13H,4H2,1-3H3/t9-,10+/m1/s1. The molecule has 0 aliphatic rings. The van der Waals surface area contributed by atoms with Crippen molar-refractivity contribution in [1.82, 2.24) is 0 Å². The zero-order valence-electron chi connectivity index (χ0n) is 8.62. The Bertz CT molecular complexity index is 266. The zero-order valence-corrected chi connectivity index (χ0v) is 8.62. The molecule has 0 spiro atoms. The van der Waals surface area contributed by atoms with Gasteiger partial charge in [0.25, 0.3) is 0 Å². The van der Waals surface area contributed by atoms with Crippen LogP contribution in [0.1, 0.15) is 37.8 Å². The van der Waals surface area contributed by atoms with Gasteiger partial charge in [-0.1, -0.05) is 38.1 Å². The van der Waals surface area contributed by atoms with E-state index in [1.165, 1.54) is 11.1 Å². The maximum Gasteiger partial charge on any atom is 0.0577 e. The Labute approximate surface area is 80.4 Å². The fourth-order valence-electron chi connectivity index (χ4n) is 1.37. The van der Waals surface area contributed by atoms with Crippen LogP contribution in [-0.4, -0.2) is 11.2 Å². The summed E-state index contributed by atoms with van der Waals surface area (Å²) in [7, 11) is 0. The third-order valence-corrected chi connectivity index (χ3v) is 2.61. The minimum Gasteiger partial charge on any atom is -0.393 e. The van der Waals surface area contributed by atoms with Crippen LogP contribution in [0.25, 0.3) is 0 Å².